The molecule has 19 heavy (non-hydrogen) atoms. The van der Waals surface area contributed by atoms with Gasteiger partial charge in [-0.05, 0) is 19.3 Å². The van der Waals surface area contributed by atoms with Gasteiger partial charge in [-0.2, -0.15) is 0 Å². The number of hydrogen-bond acceptors (Lipinski definition) is 9. The molecule has 0 radical (unpaired) electrons. The average Bonchev–Trinajstić information content (AvgIpc) is 3.07. The van der Waals surface area contributed by atoms with Crippen LogP contribution in [0.3, 0.4) is 0 Å². The number of hydrogen-bond donors (Lipinski definition) is 3. The summed E-state index contributed by atoms with van der Waals surface area (Å²) >= 11 is 3.02. The van der Waals surface area contributed by atoms with Crippen molar-refractivity contribution >= 4 is 32.9 Å². The van der Waals surface area contributed by atoms with Crippen LogP contribution < -0.4 is 17.0 Å². The van der Waals surface area contributed by atoms with Crippen molar-refractivity contribution < 1.29 is 0 Å². The molecule has 7 nitrogen and oxygen atoms in total. The average molecular weight is 297 g/mol. The normalized spacial score (nSPS) is 23.4. The SMILES string of the molecule is NNc1nnc([C@H]2CCC[C@H](c3nnc(N)s3)C2)s1. The van der Waals surface area contributed by atoms with Crippen molar-refractivity contribution in [3.8, 4) is 0 Å². The molecule has 102 valence electrons. The lowest BCUT2D eigenvalue weighted by atomic mass is 9.82. The van der Waals surface area contributed by atoms with Crippen LogP contribution in [-0.4, -0.2) is 20.4 Å². The second kappa shape index (κ2) is 5.35. The maximum atomic E-state index is 5.65. The lowest BCUT2D eigenvalue weighted by Gasteiger charge is -2.25. The summed E-state index contributed by atoms with van der Waals surface area (Å²) in [5.74, 6) is 6.21. The molecule has 2 aromatic heterocycles. The molecule has 0 spiro atoms. The summed E-state index contributed by atoms with van der Waals surface area (Å²) in [6.07, 6.45) is 4.49. The predicted molar refractivity (Wildman–Crippen MR) is 76.0 cm³/mol. The molecule has 1 fully saturated rings. The van der Waals surface area contributed by atoms with E-state index in [1.165, 1.54) is 29.1 Å². The lowest BCUT2D eigenvalue weighted by Crippen LogP contribution is -2.12. The van der Waals surface area contributed by atoms with Crippen LogP contribution in [-0.2, 0) is 0 Å². The fourth-order valence-corrected chi connectivity index (χ4v) is 4.07. The van der Waals surface area contributed by atoms with Gasteiger partial charge in [-0.3, -0.25) is 5.43 Å². The van der Waals surface area contributed by atoms with Gasteiger partial charge in [0.15, 0.2) is 0 Å². The van der Waals surface area contributed by atoms with Crippen LogP contribution >= 0.6 is 22.7 Å². The van der Waals surface area contributed by atoms with Crippen molar-refractivity contribution in [2.24, 2.45) is 5.84 Å². The molecule has 0 bridgehead atoms. The van der Waals surface area contributed by atoms with Gasteiger partial charge in [0.05, 0.1) is 0 Å². The Labute approximate surface area is 118 Å². The van der Waals surface area contributed by atoms with E-state index in [-0.39, 0.29) is 0 Å². The van der Waals surface area contributed by atoms with Gasteiger partial charge in [0.25, 0.3) is 0 Å². The van der Waals surface area contributed by atoms with Crippen molar-refractivity contribution in [3.63, 3.8) is 0 Å². The van der Waals surface area contributed by atoms with Gasteiger partial charge in [0.1, 0.15) is 10.0 Å². The fraction of sp³-hybridized carbons (Fsp3) is 0.600. The van der Waals surface area contributed by atoms with Gasteiger partial charge in [-0.25, -0.2) is 5.84 Å². The lowest BCUT2D eigenvalue weighted by molar-refractivity contribution is 0.390. The first kappa shape index (κ1) is 12.7. The molecule has 1 aliphatic rings. The highest BCUT2D eigenvalue weighted by Crippen LogP contribution is 2.43. The van der Waals surface area contributed by atoms with Gasteiger partial charge in [-0.15, -0.1) is 20.4 Å². The molecule has 1 saturated carbocycles. The highest BCUT2D eigenvalue weighted by molar-refractivity contribution is 7.15. The van der Waals surface area contributed by atoms with E-state index in [4.69, 9.17) is 11.6 Å². The van der Waals surface area contributed by atoms with E-state index in [0.29, 0.717) is 22.1 Å². The molecule has 0 aliphatic heterocycles. The van der Waals surface area contributed by atoms with Crippen molar-refractivity contribution in [1.82, 2.24) is 20.4 Å². The van der Waals surface area contributed by atoms with Crippen LogP contribution in [0.15, 0.2) is 0 Å². The molecular formula is C10H15N7S2. The van der Waals surface area contributed by atoms with Gasteiger partial charge >= 0.3 is 0 Å². The van der Waals surface area contributed by atoms with Gasteiger partial charge in [0.2, 0.25) is 10.3 Å². The number of nitrogens with zero attached hydrogens (tertiary/aromatic N) is 4. The number of anilines is 2. The molecule has 5 N–H and O–H groups in total. The Kier molecular flexibility index (Phi) is 3.58. The van der Waals surface area contributed by atoms with Gasteiger partial charge in [0, 0.05) is 11.8 Å². The number of nitrogens with two attached hydrogens (primary N) is 2. The van der Waals surface area contributed by atoms with Crippen LogP contribution in [0.25, 0.3) is 0 Å². The molecule has 1 aliphatic carbocycles. The summed E-state index contributed by atoms with van der Waals surface area (Å²) in [6, 6.07) is 0. The van der Waals surface area contributed by atoms with E-state index >= 15 is 0 Å². The standard InChI is InChI=1S/C10H15N7S2/c11-9-16-14-7(18-9)5-2-1-3-6(4-5)8-15-17-10(13-12)19-8/h5-6H,1-4,12H2,(H2,11,16)(H,13,17)/t5-,6-/m0/s1. The Balaban J connectivity index is 1.74. The van der Waals surface area contributed by atoms with Crippen molar-refractivity contribution in [3.05, 3.63) is 10.0 Å². The largest absolute Gasteiger partial charge is 0.374 e. The molecule has 2 heterocycles. The molecule has 0 unspecified atom stereocenters. The summed E-state index contributed by atoms with van der Waals surface area (Å²) in [6.45, 7) is 0. The molecule has 3 rings (SSSR count). The number of rotatable bonds is 3. The van der Waals surface area contributed by atoms with Crippen LogP contribution in [0.1, 0.15) is 47.5 Å². The maximum absolute atomic E-state index is 5.65. The smallest absolute Gasteiger partial charge is 0.219 e. The number of aromatic nitrogens is 4. The molecule has 2 atom stereocenters. The molecule has 0 amide bonds. The zero-order valence-corrected chi connectivity index (χ0v) is 11.9. The first-order chi connectivity index (χ1) is 9.26. The zero-order chi connectivity index (χ0) is 13.2. The third-order valence-corrected chi connectivity index (χ3v) is 5.32. The molecule has 2 aromatic rings. The zero-order valence-electron chi connectivity index (χ0n) is 10.2. The number of nitrogen functional groups attached to an aromatic ring is 2. The molecule has 0 aromatic carbocycles. The van der Waals surface area contributed by atoms with E-state index < -0.39 is 0 Å². The minimum absolute atomic E-state index is 0.434. The summed E-state index contributed by atoms with van der Waals surface area (Å²) in [4.78, 5) is 0. The Hall–Kier alpha value is -1.32. The Bertz CT molecular complexity index is 552. The second-order valence-electron chi connectivity index (χ2n) is 4.63. The number of nitrogens with one attached hydrogen (secondary N) is 1. The maximum Gasteiger partial charge on any atom is 0.219 e. The molecular weight excluding hydrogens is 282 g/mol. The van der Waals surface area contributed by atoms with Crippen LogP contribution in [0.2, 0.25) is 0 Å². The first-order valence-electron chi connectivity index (χ1n) is 6.15. The summed E-state index contributed by atoms with van der Waals surface area (Å²) in [7, 11) is 0. The highest BCUT2D eigenvalue weighted by Gasteiger charge is 2.28. The van der Waals surface area contributed by atoms with Crippen molar-refractivity contribution in [2.75, 3.05) is 11.2 Å². The van der Waals surface area contributed by atoms with Gasteiger partial charge in [-0.1, -0.05) is 29.1 Å². The highest BCUT2D eigenvalue weighted by atomic mass is 32.1. The third kappa shape index (κ3) is 2.67. The van der Waals surface area contributed by atoms with Crippen molar-refractivity contribution in [1.29, 1.82) is 0 Å². The van der Waals surface area contributed by atoms with Crippen molar-refractivity contribution in [2.45, 2.75) is 37.5 Å². The van der Waals surface area contributed by atoms with Gasteiger partial charge < -0.3 is 5.73 Å². The van der Waals surface area contributed by atoms with E-state index in [2.05, 4.69) is 25.8 Å². The fourth-order valence-electron chi connectivity index (χ4n) is 2.51. The topological polar surface area (TPSA) is 116 Å². The minimum atomic E-state index is 0.434. The molecule has 0 saturated heterocycles. The van der Waals surface area contributed by atoms with E-state index in [0.717, 1.165) is 29.3 Å². The van der Waals surface area contributed by atoms with E-state index in [1.54, 1.807) is 0 Å². The van der Waals surface area contributed by atoms with E-state index in [1.807, 2.05) is 0 Å². The predicted octanol–water partition coefficient (Wildman–Crippen LogP) is 1.70. The quantitative estimate of drug-likeness (QED) is 0.583. The minimum Gasteiger partial charge on any atom is -0.374 e. The van der Waals surface area contributed by atoms with E-state index in [9.17, 15) is 0 Å². The monoisotopic (exact) mass is 297 g/mol. The van der Waals surface area contributed by atoms with Crippen LogP contribution in [0, 0.1) is 0 Å². The number of hydrazine groups is 1. The Morgan fingerprint density at radius 3 is 2.26 bits per heavy atom. The second-order valence-corrected chi connectivity index (χ2v) is 6.68. The molecule has 9 heteroatoms. The Morgan fingerprint density at radius 1 is 1.00 bits per heavy atom. The van der Waals surface area contributed by atoms with Crippen LogP contribution in [0.5, 0.6) is 0 Å². The summed E-state index contributed by atoms with van der Waals surface area (Å²) < 4.78 is 0. The first-order valence-corrected chi connectivity index (χ1v) is 7.78. The van der Waals surface area contributed by atoms with Crippen LogP contribution in [0.4, 0.5) is 10.3 Å². The third-order valence-electron chi connectivity index (χ3n) is 3.39. The summed E-state index contributed by atoms with van der Waals surface area (Å²) in [5.41, 5.74) is 8.20. The summed E-state index contributed by atoms with van der Waals surface area (Å²) in [5, 5.41) is 19.6. The Morgan fingerprint density at radius 2 is 1.68 bits per heavy atom.